The van der Waals surface area contributed by atoms with E-state index in [1.165, 1.54) is 11.3 Å². The summed E-state index contributed by atoms with van der Waals surface area (Å²) < 4.78 is 0. The number of carbonyl (C=O) groups is 2. The molecule has 0 aromatic carbocycles. The number of likely N-dealkylation sites (N-methyl/N-ethyl adjacent to an activating group) is 1. The number of aldehydes is 1. The lowest BCUT2D eigenvalue weighted by molar-refractivity contribution is -0.128. The van der Waals surface area contributed by atoms with Crippen molar-refractivity contribution in [3.8, 4) is 0 Å². The van der Waals surface area contributed by atoms with Gasteiger partial charge in [-0.15, -0.1) is 11.3 Å². The predicted molar refractivity (Wildman–Crippen MR) is 68.8 cm³/mol. The largest absolute Gasteiger partial charge is 0.365 e. The molecule has 2 rings (SSSR count). The van der Waals surface area contributed by atoms with Crippen LogP contribution in [0.5, 0.6) is 0 Å². The van der Waals surface area contributed by atoms with Crippen molar-refractivity contribution in [2.75, 3.05) is 31.6 Å². The highest BCUT2D eigenvalue weighted by Crippen LogP contribution is 2.21. The van der Waals surface area contributed by atoms with Crippen molar-refractivity contribution in [2.24, 2.45) is 0 Å². The Balaban J connectivity index is 1.93. The molecule has 0 saturated carbocycles. The van der Waals surface area contributed by atoms with Gasteiger partial charge >= 0.3 is 0 Å². The number of thiophene rings is 1. The van der Waals surface area contributed by atoms with Gasteiger partial charge in [0.2, 0.25) is 5.91 Å². The van der Waals surface area contributed by atoms with E-state index in [9.17, 15) is 9.59 Å². The van der Waals surface area contributed by atoms with Gasteiger partial charge in [0.1, 0.15) is 0 Å². The third-order valence-corrected chi connectivity index (χ3v) is 3.84. The van der Waals surface area contributed by atoms with Gasteiger partial charge in [0.15, 0.2) is 6.29 Å². The summed E-state index contributed by atoms with van der Waals surface area (Å²) in [5.41, 5.74) is 0.935. The van der Waals surface area contributed by atoms with E-state index in [0.717, 1.165) is 37.9 Å². The van der Waals surface area contributed by atoms with Gasteiger partial charge in [-0.2, -0.15) is 0 Å². The Morgan fingerprint density at radius 3 is 2.82 bits per heavy atom. The molecule has 0 radical (unpaired) electrons. The minimum absolute atomic E-state index is 0.170. The number of carbonyl (C=O) groups excluding carboxylic acids is 2. The van der Waals surface area contributed by atoms with Gasteiger partial charge in [-0.25, -0.2) is 0 Å². The van der Waals surface area contributed by atoms with Crippen LogP contribution in [-0.4, -0.2) is 43.8 Å². The van der Waals surface area contributed by atoms with Crippen molar-refractivity contribution in [1.82, 2.24) is 4.90 Å². The normalized spacial score (nSPS) is 15.0. The maximum absolute atomic E-state index is 11.9. The molecule has 5 heteroatoms. The predicted octanol–water partition coefficient (Wildman–Crippen LogP) is 1.62. The third kappa shape index (κ3) is 2.85. The molecule has 0 N–H and O–H groups in total. The Labute approximate surface area is 105 Å². The molecule has 1 aromatic heterocycles. The Morgan fingerprint density at radius 1 is 1.53 bits per heavy atom. The number of anilines is 1. The van der Waals surface area contributed by atoms with Crippen LogP contribution in [0.15, 0.2) is 11.4 Å². The molecule has 17 heavy (non-hydrogen) atoms. The zero-order valence-electron chi connectivity index (χ0n) is 9.89. The fourth-order valence-corrected chi connectivity index (χ4v) is 2.71. The number of likely N-dealkylation sites (tertiary alicyclic amines) is 1. The number of amides is 1. The van der Waals surface area contributed by atoms with Crippen LogP contribution >= 0.6 is 11.3 Å². The molecule has 1 amide bonds. The lowest BCUT2D eigenvalue weighted by Crippen LogP contribution is -2.37. The molecule has 1 aliphatic heterocycles. The van der Waals surface area contributed by atoms with E-state index in [0.29, 0.717) is 11.4 Å². The average molecular weight is 252 g/mol. The molecule has 1 aromatic rings. The molecular weight excluding hydrogens is 236 g/mol. The van der Waals surface area contributed by atoms with Crippen LogP contribution in [0.25, 0.3) is 0 Å². The van der Waals surface area contributed by atoms with Crippen molar-refractivity contribution >= 4 is 29.2 Å². The Morgan fingerprint density at radius 2 is 2.24 bits per heavy atom. The van der Waals surface area contributed by atoms with Crippen LogP contribution in [0, 0.1) is 0 Å². The first-order valence-electron chi connectivity index (χ1n) is 5.73. The number of hydrogen-bond acceptors (Lipinski definition) is 4. The Kier molecular flexibility index (Phi) is 3.78. The molecule has 4 nitrogen and oxygen atoms in total. The van der Waals surface area contributed by atoms with Crippen LogP contribution in [0.2, 0.25) is 0 Å². The second-order valence-electron chi connectivity index (χ2n) is 4.27. The highest BCUT2D eigenvalue weighted by Gasteiger charge is 2.19. The summed E-state index contributed by atoms with van der Waals surface area (Å²) in [5, 5.41) is 1.90. The summed E-state index contributed by atoms with van der Waals surface area (Å²) in [4.78, 5) is 27.0. The van der Waals surface area contributed by atoms with Crippen LogP contribution in [0.3, 0.4) is 0 Å². The topological polar surface area (TPSA) is 40.6 Å². The van der Waals surface area contributed by atoms with E-state index < -0.39 is 0 Å². The standard InChI is InChI=1S/C12H16N2O2S/c1-13(10-6-11(8-15)17-9-10)7-12(16)14-4-2-3-5-14/h6,8-9H,2-5,7H2,1H3. The van der Waals surface area contributed by atoms with Crippen molar-refractivity contribution in [2.45, 2.75) is 12.8 Å². The van der Waals surface area contributed by atoms with E-state index in [2.05, 4.69) is 0 Å². The summed E-state index contributed by atoms with van der Waals surface area (Å²) >= 11 is 1.40. The average Bonchev–Trinajstić information content (AvgIpc) is 3.00. The van der Waals surface area contributed by atoms with Crippen LogP contribution in [0.4, 0.5) is 5.69 Å². The zero-order chi connectivity index (χ0) is 12.3. The van der Waals surface area contributed by atoms with Gasteiger partial charge in [-0.05, 0) is 18.9 Å². The Hall–Kier alpha value is -1.36. The molecule has 0 aliphatic carbocycles. The number of hydrogen-bond donors (Lipinski definition) is 0. The zero-order valence-corrected chi connectivity index (χ0v) is 10.7. The van der Waals surface area contributed by atoms with Gasteiger partial charge in [0.05, 0.1) is 11.4 Å². The number of nitrogens with zero attached hydrogens (tertiary/aromatic N) is 2. The maximum atomic E-state index is 11.9. The molecule has 1 aliphatic rings. The van der Waals surface area contributed by atoms with E-state index in [-0.39, 0.29) is 5.91 Å². The van der Waals surface area contributed by atoms with E-state index in [4.69, 9.17) is 0 Å². The third-order valence-electron chi connectivity index (χ3n) is 2.99. The van der Waals surface area contributed by atoms with Gasteiger partial charge < -0.3 is 9.80 Å². The van der Waals surface area contributed by atoms with E-state index >= 15 is 0 Å². The fourth-order valence-electron chi connectivity index (χ4n) is 1.96. The molecular formula is C12H16N2O2S. The van der Waals surface area contributed by atoms with E-state index in [1.807, 2.05) is 28.3 Å². The SMILES string of the molecule is CN(CC(=O)N1CCCC1)c1csc(C=O)c1. The first kappa shape index (κ1) is 12.1. The maximum Gasteiger partial charge on any atom is 0.242 e. The van der Waals surface area contributed by atoms with Gasteiger partial charge in [-0.3, -0.25) is 9.59 Å². The van der Waals surface area contributed by atoms with Crippen molar-refractivity contribution in [1.29, 1.82) is 0 Å². The highest BCUT2D eigenvalue weighted by atomic mass is 32.1. The van der Waals surface area contributed by atoms with E-state index in [1.54, 1.807) is 0 Å². The Bertz CT molecular complexity index is 410. The summed E-state index contributed by atoms with van der Waals surface area (Å²) in [6, 6.07) is 1.81. The number of rotatable bonds is 4. The molecule has 1 fully saturated rings. The first-order chi connectivity index (χ1) is 8.20. The molecule has 92 valence electrons. The summed E-state index contributed by atoms with van der Waals surface area (Å²) in [6.45, 7) is 2.15. The van der Waals surface area contributed by atoms with Crippen LogP contribution in [-0.2, 0) is 4.79 Å². The minimum Gasteiger partial charge on any atom is -0.365 e. The smallest absolute Gasteiger partial charge is 0.242 e. The first-order valence-corrected chi connectivity index (χ1v) is 6.61. The molecule has 0 spiro atoms. The monoisotopic (exact) mass is 252 g/mol. The molecule has 2 heterocycles. The molecule has 0 atom stereocenters. The summed E-state index contributed by atoms with van der Waals surface area (Å²) in [7, 11) is 1.88. The second-order valence-corrected chi connectivity index (χ2v) is 5.21. The van der Waals surface area contributed by atoms with Crippen molar-refractivity contribution < 1.29 is 9.59 Å². The quantitative estimate of drug-likeness (QED) is 0.765. The lowest BCUT2D eigenvalue weighted by Gasteiger charge is -2.21. The van der Waals surface area contributed by atoms with Gasteiger partial charge in [-0.1, -0.05) is 0 Å². The summed E-state index contributed by atoms with van der Waals surface area (Å²) in [6.07, 6.45) is 3.07. The lowest BCUT2D eigenvalue weighted by atomic mass is 10.4. The molecule has 1 saturated heterocycles. The molecule has 0 bridgehead atoms. The minimum atomic E-state index is 0.170. The van der Waals surface area contributed by atoms with Crippen molar-refractivity contribution in [3.05, 3.63) is 16.3 Å². The van der Waals surface area contributed by atoms with Crippen LogP contribution < -0.4 is 4.90 Å². The second kappa shape index (κ2) is 5.31. The molecule has 0 unspecified atom stereocenters. The highest BCUT2D eigenvalue weighted by molar-refractivity contribution is 7.12. The van der Waals surface area contributed by atoms with Crippen molar-refractivity contribution in [3.63, 3.8) is 0 Å². The van der Waals surface area contributed by atoms with Crippen LogP contribution in [0.1, 0.15) is 22.5 Å². The van der Waals surface area contributed by atoms with Gasteiger partial charge in [0, 0.05) is 31.2 Å². The fraction of sp³-hybridized carbons (Fsp3) is 0.500. The van der Waals surface area contributed by atoms with Gasteiger partial charge in [0.25, 0.3) is 0 Å². The summed E-state index contributed by atoms with van der Waals surface area (Å²) in [5.74, 6) is 0.170.